The van der Waals surface area contributed by atoms with E-state index in [4.69, 9.17) is 73.0 Å². The number of ether oxygens (including phenoxy) is 1. The maximum atomic E-state index is 14.7. The summed E-state index contributed by atoms with van der Waals surface area (Å²) in [6, 6.07) is 5.18. The lowest BCUT2D eigenvalue weighted by molar-refractivity contribution is 0.276. The van der Waals surface area contributed by atoms with Crippen LogP contribution in [0.15, 0.2) is 41.8 Å². The molecule has 0 saturated heterocycles. The maximum Gasteiger partial charge on any atom is 0.197 e. The Labute approximate surface area is 283 Å². The molecule has 40 heavy (non-hydrogen) atoms. The average molecular weight is 731 g/mol. The first-order valence-corrected chi connectivity index (χ1v) is 15.6. The average Bonchev–Trinajstić information content (AvgIpc) is 3.31. The van der Waals surface area contributed by atoms with Gasteiger partial charge >= 0.3 is 0 Å². The molecular weight excluding hydrogens is 711 g/mol. The number of aliphatic hydroxyl groups excluding tert-OH is 1. The van der Waals surface area contributed by atoms with Gasteiger partial charge in [0, 0.05) is 12.3 Å². The Morgan fingerprint density at radius 1 is 0.925 bits per heavy atom. The molecule has 0 bridgehead atoms. The molecule has 1 saturated carbocycles. The van der Waals surface area contributed by atoms with Crippen molar-refractivity contribution >= 4 is 125 Å². The minimum atomic E-state index is -1.43. The van der Waals surface area contributed by atoms with Crippen LogP contribution >= 0.6 is 125 Å². The van der Waals surface area contributed by atoms with E-state index in [-0.39, 0.29) is 28.9 Å². The van der Waals surface area contributed by atoms with Crippen molar-refractivity contribution in [2.24, 2.45) is 0 Å². The summed E-state index contributed by atoms with van der Waals surface area (Å²) in [4.78, 5) is 4.16. The first-order chi connectivity index (χ1) is 18.5. The van der Waals surface area contributed by atoms with Gasteiger partial charge in [-0.25, -0.2) is 8.78 Å². The van der Waals surface area contributed by atoms with Gasteiger partial charge in [-0.2, -0.15) is 114 Å². The van der Waals surface area contributed by atoms with Gasteiger partial charge in [-0.05, 0) is 18.2 Å². The summed E-state index contributed by atoms with van der Waals surface area (Å²) in [5, 5.41) is 17.6. The van der Waals surface area contributed by atoms with E-state index in [9.17, 15) is 8.78 Å². The molecule has 6 nitrogen and oxygen atoms in total. The van der Waals surface area contributed by atoms with Gasteiger partial charge in [0.25, 0.3) is 0 Å². The van der Waals surface area contributed by atoms with Crippen molar-refractivity contribution < 1.29 is 18.6 Å². The summed E-state index contributed by atoms with van der Waals surface area (Å²) < 4.78 is 29.2. The predicted molar refractivity (Wildman–Crippen MR) is 184 cm³/mol. The molecule has 1 aromatic carbocycles. The second kappa shape index (κ2) is 11.9. The number of halogens is 2. The van der Waals surface area contributed by atoms with Crippen LogP contribution in [-0.2, 0) is 6.61 Å². The fourth-order valence-electron chi connectivity index (χ4n) is 3.69. The first-order valence-electron chi connectivity index (χ1n) is 10.8. The Balaban J connectivity index is 1.75. The molecule has 0 radical (unpaired) electrons. The lowest BCUT2D eigenvalue weighted by atomic mass is 10.2. The van der Waals surface area contributed by atoms with Gasteiger partial charge in [0.05, 0.1) is 17.4 Å². The fourth-order valence-corrected chi connectivity index (χ4v) is 10.5. The second-order valence-electron chi connectivity index (χ2n) is 8.39. The number of aliphatic hydroxyl groups is 1. The van der Waals surface area contributed by atoms with Crippen LogP contribution in [-0.4, -0.2) is 51.9 Å². The molecule has 1 N–H and O–H groups in total. The molecule has 0 amide bonds. The molecule has 0 aliphatic heterocycles. The minimum absolute atomic E-state index is 0.216. The summed E-state index contributed by atoms with van der Waals surface area (Å²) in [5.74, 6) is 2.79. The number of thiol groups is 9. The number of rotatable bonds is 6. The van der Waals surface area contributed by atoms with Gasteiger partial charge in [0.1, 0.15) is 39.4 Å². The van der Waals surface area contributed by atoms with Crippen LogP contribution in [0.5, 0.6) is 5.75 Å². The zero-order chi connectivity index (χ0) is 29.7. The first kappa shape index (κ1) is 33.1. The third-order valence-electron chi connectivity index (χ3n) is 5.93. The molecule has 1 fully saturated rings. The molecule has 2 aromatic heterocycles. The standard InChI is InChI=1S/C22H20F2N4O2S10/c23-13-8-15(14(24)7-11(13)3-2-6-29)30-10-16-26-27-17(28(16)12-4-1-5-25-9-12)40-22(39)20(35,36)18(31,32)19(33,34)21(22,37)38/h1,4-5,7-9,29,31-39H,6,10H2. The maximum absolute atomic E-state index is 14.7. The SMILES string of the molecule is OCC#Cc1cc(F)c(OCc2nnc(SC3(S)C(S)(S)C(S)(S)C(S)(S)C3(S)S)n2-c2cccnc2)cc1F. The van der Waals surface area contributed by atoms with Gasteiger partial charge < -0.3 is 9.84 Å². The molecule has 4 rings (SSSR count). The predicted octanol–water partition coefficient (Wildman–Crippen LogP) is 4.82. The van der Waals surface area contributed by atoms with Crippen molar-refractivity contribution in [2.75, 3.05) is 6.61 Å². The molecule has 0 atom stereocenters. The Bertz CT molecular complexity index is 1470. The van der Waals surface area contributed by atoms with Crippen molar-refractivity contribution in [2.45, 2.75) is 32.2 Å². The number of hydrogen-bond acceptors (Lipinski definition) is 15. The second-order valence-corrected chi connectivity index (χ2v) is 17.3. The molecule has 2 heterocycles. The van der Waals surface area contributed by atoms with E-state index in [0.29, 0.717) is 5.69 Å². The zero-order valence-electron chi connectivity index (χ0n) is 19.7. The van der Waals surface area contributed by atoms with Gasteiger partial charge in [0.2, 0.25) is 0 Å². The smallest absolute Gasteiger partial charge is 0.197 e. The molecule has 3 aromatic rings. The van der Waals surface area contributed by atoms with E-state index in [1.54, 1.807) is 29.1 Å². The highest BCUT2D eigenvalue weighted by Gasteiger charge is 2.81. The quantitative estimate of drug-likeness (QED) is 0.102. The van der Waals surface area contributed by atoms with Gasteiger partial charge in [0.15, 0.2) is 22.5 Å². The number of pyridine rings is 1. The van der Waals surface area contributed by atoms with Gasteiger partial charge in [-0.15, -0.1) is 10.2 Å². The summed E-state index contributed by atoms with van der Waals surface area (Å²) in [6.07, 6.45) is 3.14. The van der Waals surface area contributed by atoms with Crippen LogP contribution in [0.4, 0.5) is 8.78 Å². The number of aromatic nitrogens is 4. The Kier molecular flexibility index (Phi) is 9.88. The summed E-state index contributed by atoms with van der Waals surface area (Å²) in [7, 11) is 0. The summed E-state index contributed by atoms with van der Waals surface area (Å²) >= 11 is 43.7. The Morgan fingerprint density at radius 3 is 2.15 bits per heavy atom. The van der Waals surface area contributed by atoms with Crippen LogP contribution < -0.4 is 4.74 Å². The van der Waals surface area contributed by atoms with Crippen molar-refractivity contribution in [1.82, 2.24) is 19.7 Å². The van der Waals surface area contributed by atoms with Crippen molar-refractivity contribution in [1.29, 1.82) is 0 Å². The largest absolute Gasteiger partial charge is 0.482 e. The van der Waals surface area contributed by atoms with Gasteiger partial charge in [-0.1, -0.05) is 23.6 Å². The Hall–Kier alpha value is 0.190. The molecule has 1 aliphatic carbocycles. The van der Waals surface area contributed by atoms with Crippen molar-refractivity contribution in [3.63, 3.8) is 0 Å². The van der Waals surface area contributed by atoms with Crippen molar-refractivity contribution in [3.8, 4) is 23.3 Å². The topological polar surface area (TPSA) is 73.1 Å². The van der Waals surface area contributed by atoms with Crippen LogP contribution in [0.3, 0.4) is 0 Å². The van der Waals surface area contributed by atoms with Crippen LogP contribution in [0.1, 0.15) is 11.4 Å². The highest BCUT2D eigenvalue weighted by Crippen LogP contribution is 2.78. The lowest BCUT2D eigenvalue weighted by Crippen LogP contribution is -2.49. The minimum Gasteiger partial charge on any atom is -0.482 e. The highest BCUT2D eigenvalue weighted by atomic mass is 32.2. The Morgan fingerprint density at radius 2 is 1.57 bits per heavy atom. The van der Waals surface area contributed by atoms with E-state index >= 15 is 0 Å². The number of hydrogen-bond donors (Lipinski definition) is 10. The normalized spacial score (nSPS) is 19.6. The monoisotopic (exact) mass is 730 g/mol. The molecule has 1 aliphatic rings. The molecule has 18 heteroatoms. The third kappa shape index (κ3) is 5.26. The zero-order valence-corrected chi connectivity index (χ0v) is 28.6. The highest BCUT2D eigenvalue weighted by molar-refractivity contribution is 8.21. The van der Waals surface area contributed by atoms with E-state index in [1.807, 2.05) is 0 Å². The molecule has 0 spiro atoms. The van der Waals surface area contributed by atoms with Crippen LogP contribution in [0.25, 0.3) is 5.69 Å². The van der Waals surface area contributed by atoms with Crippen LogP contribution in [0.2, 0.25) is 0 Å². The number of thioether (sulfide) groups is 1. The van der Waals surface area contributed by atoms with Gasteiger partial charge in [-0.3, -0.25) is 9.55 Å². The number of benzene rings is 1. The van der Waals surface area contributed by atoms with E-state index in [1.165, 1.54) is 0 Å². The van der Waals surface area contributed by atoms with E-state index in [0.717, 1.165) is 23.9 Å². The third-order valence-corrected chi connectivity index (χ3v) is 17.0. The summed E-state index contributed by atoms with van der Waals surface area (Å²) in [5.41, 5.74) is 0.313. The molecule has 0 unspecified atom stereocenters. The van der Waals surface area contributed by atoms with Crippen LogP contribution in [0, 0.1) is 23.5 Å². The van der Waals surface area contributed by atoms with E-state index < -0.39 is 38.6 Å². The number of nitrogens with zero attached hydrogens (tertiary/aromatic N) is 4. The van der Waals surface area contributed by atoms with Crippen molar-refractivity contribution in [3.05, 3.63) is 59.7 Å². The molecular formula is C22H20F2N4O2S10. The molecule has 214 valence electrons. The summed E-state index contributed by atoms with van der Waals surface area (Å²) in [6.45, 7) is -0.807. The fraction of sp³-hybridized carbons (Fsp3) is 0.318. The lowest BCUT2D eigenvalue weighted by Gasteiger charge is -2.43. The van der Waals surface area contributed by atoms with E-state index in [2.05, 4.69) is 77.5 Å².